The van der Waals surface area contributed by atoms with Crippen molar-refractivity contribution in [3.05, 3.63) is 28.8 Å². The fourth-order valence-electron chi connectivity index (χ4n) is 4.35. The van der Waals surface area contributed by atoms with Crippen molar-refractivity contribution in [1.29, 1.82) is 0 Å². The quantitative estimate of drug-likeness (QED) is 0.638. The number of hydrogen-bond donors (Lipinski definition) is 3. The van der Waals surface area contributed by atoms with Crippen LogP contribution in [0.15, 0.2) is 18.2 Å². The third-order valence-electron chi connectivity index (χ3n) is 5.91. The maximum Gasteiger partial charge on any atom is 0.321 e. The number of amides is 3. The summed E-state index contributed by atoms with van der Waals surface area (Å²) < 4.78 is 11.1. The number of hydrogen-bond acceptors (Lipinski definition) is 7. The summed E-state index contributed by atoms with van der Waals surface area (Å²) in [5.74, 6) is 1.27. The van der Waals surface area contributed by atoms with Crippen LogP contribution in [0.3, 0.4) is 0 Å². The minimum absolute atomic E-state index is 0.0797. The van der Waals surface area contributed by atoms with E-state index in [2.05, 4.69) is 25.8 Å². The van der Waals surface area contributed by atoms with Crippen LogP contribution < -0.4 is 25.4 Å². The van der Waals surface area contributed by atoms with Crippen LogP contribution in [0.4, 0.5) is 15.6 Å². The summed E-state index contributed by atoms with van der Waals surface area (Å²) in [6.45, 7) is 2.73. The molecule has 2 aromatic rings. The highest BCUT2D eigenvalue weighted by Gasteiger charge is 2.24. The van der Waals surface area contributed by atoms with Crippen molar-refractivity contribution < 1.29 is 19.1 Å². The molecule has 1 saturated carbocycles. The van der Waals surface area contributed by atoms with Gasteiger partial charge >= 0.3 is 6.03 Å². The lowest BCUT2D eigenvalue weighted by Crippen LogP contribution is -2.36. The van der Waals surface area contributed by atoms with Crippen LogP contribution in [-0.2, 0) is 17.8 Å². The van der Waals surface area contributed by atoms with Gasteiger partial charge in [-0.05, 0) is 25.0 Å². The maximum absolute atomic E-state index is 12.6. The van der Waals surface area contributed by atoms with E-state index < -0.39 is 0 Å². The zero-order chi connectivity index (χ0) is 21.9. The smallest absolute Gasteiger partial charge is 0.321 e. The molecule has 0 spiro atoms. The molecule has 170 valence electrons. The van der Waals surface area contributed by atoms with Crippen LogP contribution in [0.1, 0.15) is 36.3 Å². The standard InChI is InChI=1S/C22H27N5O4S/c28-20(23-15-5-6-17-18(11-15)31-10-9-30-17)13-27-8-7-16-19(12-27)32-22(25-16)26-21(29)24-14-3-1-2-4-14/h5-6,11,14H,1-4,7-10,12-13H2,(H,23,28)(H2,24,25,26,29). The summed E-state index contributed by atoms with van der Waals surface area (Å²) in [7, 11) is 0. The highest BCUT2D eigenvalue weighted by molar-refractivity contribution is 7.15. The first kappa shape index (κ1) is 21.0. The van der Waals surface area contributed by atoms with Gasteiger partial charge in [-0.15, -0.1) is 11.3 Å². The number of nitrogens with one attached hydrogen (secondary N) is 3. The van der Waals surface area contributed by atoms with Gasteiger partial charge in [-0.1, -0.05) is 12.8 Å². The Kier molecular flexibility index (Phi) is 6.13. The molecule has 3 N–H and O–H groups in total. The molecule has 3 amide bonds. The second-order valence-electron chi connectivity index (χ2n) is 8.34. The van der Waals surface area contributed by atoms with E-state index in [4.69, 9.17) is 9.47 Å². The maximum atomic E-state index is 12.6. The molecule has 9 nitrogen and oxygen atoms in total. The number of fused-ring (bicyclic) bond motifs is 2. The number of carbonyl (C=O) groups is 2. The number of urea groups is 1. The lowest BCUT2D eigenvalue weighted by atomic mass is 10.2. The van der Waals surface area contributed by atoms with Crippen LogP contribution in [0.2, 0.25) is 0 Å². The van der Waals surface area contributed by atoms with Crippen molar-refractivity contribution in [1.82, 2.24) is 15.2 Å². The topological polar surface area (TPSA) is 105 Å². The van der Waals surface area contributed by atoms with Gasteiger partial charge in [0.25, 0.3) is 0 Å². The predicted octanol–water partition coefficient (Wildman–Crippen LogP) is 2.98. The van der Waals surface area contributed by atoms with Crippen LogP contribution >= 0.6 is 11.3 Å². The van der Waals surface area contributed by atoms with Gasteiger partial charge in [0.05, 0.1) is 12.2 Å². The summed E-state index contributed by atoms with van der Waals surface area (Å²) in [5.41, 5.74) is 1.70. The Bertz CT molecular complexity index is 1000. The van der Waals surface area contributed by atoms with E-state index in [-0.39, 0.29) is 24.5 Å². The first-order valence-electron chi connectivity index (χ1n) is 11.1. The number of ether oxygens (including phenoxy) is 2. The van der Waals surface area contributed by atoms with Crippen molar-refractivity contribution in [2.45, 2.75) is 44.7 Å². The second kappa shape index (κ2) is 9.33. The van der Waals surface area contributed by atoms with Gasteiger partial charge in [-0.25, -0.2) is 9.78 Å². The predicted molar refractivity (Wildman–Crippen MR) is 122 cm³/mol. The van der Waals surface area contributed by atoms with E-state index in [0.717, 1.165) is 36.4 Å². The fourth-order valence-corrected chi connectivity index (χ4v) is 5.40. The van der Waals surface area contributed by atoms with Gasteiger partial charge in [0.2, 0.25) is 5.91 Å². The zero-order valence-corrected chi connectivity index (χ0v) is 18.6. The van der Waals surface area contributed by atoms with Crippen LogP contribution in [0.5, 0.6) is 11.5 Å². The first-order chi connectivity index (χ1) is 15.6. The lowest BCUT2D eigenvalue weighted by Gasteiger charge is -2.25. The number of carbonyl (C=O) groups excluding carboxylic acids is 2. The van der Waals surface area contributed by atoms with E-state index in [1.807, 2.05) is 12.1 Å². The SMILES string of the molecule is O=C(CN1CCc2nc(NC(=O)NC3CCCC3)sc2C1)Nc1ccc2c(c1)OCCO2. The van der Waals surface area contributed by atoms with Gasteiger partial charge in [0.1, 0.15) is 13.2 Å². The Balaban J connectivity index is 1.13. The molecular weight excluding hydrogens is 430 g/mol. The molecule has 5 rings (SSSR count). The molecule has 0 radical (unpaired) electrons. The Hall–Kier alpha value is -2.85. The molecule has 2 aliphatic heterocycles. The van der Waals surface area contributed by atoms with Crippen molar-refractivity contribution >= 4 is 34.1 Å². The Morgan fingerprint density at radius 3 is 2.78 bits per heavy atom. The van der Waals surface area contributed by atoms with Gasteiger partial charge < -0.3 is 20.1 Å². The third-order valence-corrected chi connectivity index (χ3v) is 6.91. The first-order valence-corrected chi connectivity index (χ1v) is 11.9. The van der Waals surface area contributed by atoms with Gasteiger partial charge in [-0.3, -0.25) is 15.0 Å². The Labute approximate surface area is 190 Å². The van der Waals surface area contributed by atoms with Crippen LogP contribution in [0, 0.1) is 0 Å². The summed E-state index contributed by atoms with van der Waals surface area (Å²) in [6.07, 6.45) is 5.20. The lowest BCUT2D eigenvalue weighted by molar-refractivity contribution is -0.117. The number of anilines is 2. The number of benzene rings is 1. The summed E-state index contributed by atoms with van der Waals surface area (Å²) in [6, 6.07) is 5.51. The molecule has 3 aliphatic rings. The molecule has 1 fully saturated rings. The molecule has 10 heteroatoms. The van der Waals surface area contributed by atoms with Crippen molar-refractivity contribution in [3.63, 3.8) is 0 Å². The Morgan fingerprint density at radius 1 is 1.12 bits per heavy atom. The molecule has 1 aliphatic carbocycles. The van der Waals surface area contributed by atoms with E-state index in [1.54, 1.807) is 6.07 Å². The molecule has 1 aromatic heterocycles. The van der Waals surface area contributed by atoms with E-state index >= 15 is 0 Å². The van der Waals surface area contributed by atoms with Crippen molar-refractivity contribution in [2.75, 3.05) is 36.9 Å². The second-order valence-corrected chi connectivity index (χ2v) is 9.42. The third kappa shape index (κ3) is 4.97. The van der Waals surface area contributed by atoms with Gasteiger partial charge in [-0.2, -0.15) is 0 Å². The zero-order valence-electron chi connectivity index (χ0n) is 17.8. The van der Waals surface area contributed by atoms with Crippen molar-refractivity contribution in [2.24, 2.45) is 0 Å². The number of thiazole rings is 1. The molecule has 0 bridgehead atoms. The van der Waals surface area contributed by atoms with Gasteiger partial charge in [0, 0.05) is 42.2 Å². The molecular formula is C22H27N5O4S. The molecule has 0 saturated heterocycles. The average molecular weight is 458 g/mol. The van der Waals surface area contributed by atoms with E-state index in [9.17, 15) is 9.59 Å². The van der Waals surface area contributed by atoms with Crippen LogP contribution in [-0.4, -0.2) is 54.2 Å². The Morgan fingerprint density at radius 2 is 1.94 bits per heavy atom. The molecule has 0 atom stereocenters. The summed E-state index contributed by atoms with van der Waals surface area (Å²) >= 11 is 1.48. The number of nitrogens with zero attached hydrogens (tertiary/aromatic N) is 2. The normalized spacial score (nSPS) is 18.1. The highest BCUT2D eigenvalue weighted by atomic mass is 32.1. The monoisotopic (exact) mass is 457 g/mol. The summed E-state index contributed by atoms with van der Waals surface area (Å²) in [4.78, 5) is 32.6. The summed E-state index contributed by atoms with van der Waals surface area (Å²) in [5, 5.41) is 9.45. The molecule has 32 heavy (non-hydrogen) atoms. The van der Waals surface area contributed by atoms with E-state index in [0.29, 0.717) is 42.1 Å². The largest absolute Gasteiger partial charge is 0.486 e. The van der Waals surface area contributed by atoms with Crippen LogP contribution in [0.25, 0.3) is 0 Å². The minimum Gasteiger partial charge on any atom is -0.486 e. The highest BCUT2D eigenvalue weighted by Crippen LogP contribution is 2.33. The van der Waals surface area contributed by atoms with Crippen molar-refractivity contribution in [3.8, 4) is 11.5 Å². The van der Waals surface area contributed by atoms with Gasteiger partial charge in [0.15, 0.2) is 16.6 Å². The molecule has 1 aromatic carbocycles. The molecule has 3 heterocycles. The fraction of sp³-hybridized carbons (Fsp3) is 0.500. The molecule has 0 unspecified atom stereocenters. The number of aromatic nitrogens is 1. The number of rotatable bonds is 5. The average Bonchev–Trinajstić information content (AvgIpc) is 3.42. The minimum atomic E-state index is -0.182. The van der Waals surface area contributed by atoms with E-state index in [1.165, 1.54) is 24.2 Å².